The predicted octanol–water partition coefficient (Wildman–Crippen LogP) is 0.222. The Labute approximate surface area is 168 Å². The Morgan fingerprint density at radius 2 is 2.23 bits per heavy atom. The average Bonchev–Trinajstić information content (AvgIpc) is 3.25. The molecule has 0 bridgehead atoms. The lowest BCUT2D eigenvalue weighted by Crippen LogP contribution is -2.51. The minimum atomic E-state index is -3.28. The second-order valence-electron chi connectivity index (χ2n) is 6.97. The van der Waals surface area contributed by atoms with Crippen LogP contribution in [0.3, 0.4) is 0 Å². The van der Waals surface area contributed by atoms with Gasteiger partial charge in [-0.15, -0.1) is 0 Å². The van der Waals surface area contributed by atoms with E-state index >= 15 is 0 Å². The summed E-state index contributed by atoms with van der Waals surface area (Å²) < 4.78 is 35.3. The van der Waals surface area contributed by atoms with Gasteiger partial charge in [0.05, 0.1) is 30.4 Å². The molecular weight excluding hydrogens is 404 g/mol. The maximum Gasteiger partial charge on any atom is 0.407 e. The first kappa shape index (κ1) is 19.8. The van der Waals surface area contributed by atoms with Crippen molar-refractivity contribution in [2.45, 2.75) is 24.9 Å². The van der Waals surface area contributed by atoms with Gasteiger partial charge < -0.3 is 20.3 Å². The molecule has 13 heteroatoms. The van der Waals surface area contributed by atoms with E-state index < -0.39 is 42.5 Å². The van der Waals surface area contributed by atoms with Gasteiger partial charge in [0, 0.05) is 25.5 Å². The first-order valence-electron chi connectivity index (χ1n) is 9.28. The monoisotopic (exact) mass is 423 g/mol. The summed E-state index contributed by atoms with van der Waals surface area (Å²) in [6.07, 6.45) is 0.418. The van der Waals surface area contributed by atoms with Crippen molar-refractivity contribution >= 4 is 29.4 Å². The van der Waals surface area contributed by atoms with Crippen LogP contribution < -0.4 is 20.9 Å². The van der Waals surface area contributed by atoms with Gasteiger partial charge in [0.1, 0.15) is 0 Å². The standard InChI is InChI=1S/C17H19F2N7O4/c1-2-20-16(29)30-12-7-25(8-17(12,18)19)11-5-10(24-26-4-3-21-13(11)26)9-6-22-15(28)23-14(9)27/h3-5,9,12H,2,6-8H2,1H3,(H,20,29)(H2,22,23,27,28). The third kappa shape index (κ3) is 3.57. The van der Waals surface area contributed by atoms with E-state index in [1.807, 2.05) is 0 Å². The topological polar surface area (TPSA) is 130 Å². The summed E-state index contributed by atoms with van der Waals surface area (Å²) in [6.45, 7) is 0.970. The highest BCUT2D eigenvalue weighted by atomic mass is 19.3. The van der Waals surface area contributed by atoms with Crippen LogP contribution >= 0.6 is 0 Å². The number of urea groups is 1. The highest BCUT2D eigenvalue weighted by Crippen LogP contribution is 2.35. The fraction of sp³-hybridized carbons (Fsp3) is 0.471. The van der Waals surface area contributed by atoms with Crippen LogP contribution in [-0.4, -0.2) is 70.8 Å². The van der Waals surface area contributed by atoms with Crippen LogP contribution in [0.4, 0.5) is 24.1 Å². The predicted molar refractivity (Wildman–Crippen MR) is 98.4 cm³/mol. The van der Waals surface area contributed by atoms with Crippen molar-refractivity contribution in [3.8, 4) is 0 Å². The molecule has 2 fully saturated rings. The number of hydrogen-bond acceptors (Lipinski definition) is 7. The Hall–Kier alpha value is -3.51. The van der Waals surface area contributed by atoms with Crippen molar-refractivity contribution in [3.63, 3.8) is 0 Å². The highest BCUT2D eigenvalue weighted by Gasteiger charge is 2.51. The number of ether oxygens (including phenoxy) is 1. The molecule has 2 aliphatic rings. The minimum absolute atomic E-state index is 0.0242. The van der Waals surface area contributed by atoms with Crippen LogP contribution in [0, 0.1) is 0 Å². The molecule has 30 heavy (non-hydrogen) atoms. The molecule has 160 valence electrons. The van der Waals surface area contributed by atoms with Crippen molar-refractivity contribution in [1.29, 1.82) is 0 Å². The SMILES string of the molecule is CCNC(=O)OC1CN(c2cc(C3CNC(=O)NC3=O)nn3ccnc23)CC1(F)F. The second-order valence-corrected chi connectivity index (χ2v) is 6.97. The summed E-state index contributed by atoms with van der Waals surface area (Å²) in [6, 6.07) is 0.888. The van der Waals surface area contributed by atoms with Gasteiger partial charge in [-0.1, -0.05) is 0 Å². The summed E-state index contributed by atoms with van der Waals surface area (Å²) in [5.41, 5.74) is 0.911. The van der Waals surface area contributed by atoms with E-state index in [9.17, 15) is 23.2 Å². The maximum absolute atomic E-state index is 14.5. The number of anilines is 1. The van der Waals surface area contributed by atoms with E-state index in [2.05, 4.69) is 26.0 Å². The molecule has 2 unspecified atom stereocenters. The Balaban J connectivity index is 1.65. The Kier molecular flexibility index (Phi) is 4.87. The van der Waals surface area contributed by atoms with Gasteiger partial charge in [0.15, 0.2) is 11.8 Å². The van der Waals surface area contributed by atoms with Gasteiger partial charge in [0.2, 0.25) is 5.91 Å². The molecule has 4 amide bonds. The van der Waals surface area contributed by atoms with Crippen LogP contribution in [0.5, 0.6) is 0 Å². The van der Waals surface area contributed by atoms with Gasteiger partial charge in [0.25, 0.3) is 0 Å². The number of rotatable bonds is 4. The molecule has 0 aliphatic carbocycles. The van der Waals surface area contributed by atoms with Crippen molar-refractivity contribution in [2.24, 2.45) is 0 Å². The van der Waals surface area contributed by atoms with E-state index in [4.69, 9.17) is 4.74 Å². The van der Waals surface area contributed by atoms with Gasteiger partial charge in [-0.3, -0.25) is 10.1 Å². The van der Waals surface area contributed by atoms with Crippen molar-refractivity contribution in [2.75, 3.05) is 31.1 Å². The Morgan fingerprint density at radius 1 is 1.43 bits per heavy atom. The zero-order valence-corrected chi connectivity index (χ0v) is 15.9. The van der Waals surface area contributed by atoms with Crippen LogP contribution in [0.2, 0.25) is 0 Å². The fourth-order valence-electron chi connectivity index (χ4n) is 3.47. The molecule has 2 aromatic rings. The number of aromatic nitrogens is 3. The average molecular weight is 423 g/mol. The van der Waals surface area contributed by atoms with E-state index in [0.717, 1.165) is 0 Å². The number of halogens is 2. The van der Waals surface area contributed by atoms with Crippen molar-refractivity contribution in [1.82, 2.24) is 30.5 Å². The van der Waals surface area contributed by atoms with Crippen LogP contribution in [0.1, 0.15) is 18.5 Å². The Morgan fingerprint density at radius 3 is 2.97 bits per heavy atom. The summed E-state index contributed by atoms with van der Waals surface area (Å²) >= 11 is 0. The van der Waals surface area contributed by atoms with Crippen molar-refractivity contribution < 1.29 is 27.9 Å². The second kappa shape index (κ2) is 7.39. The zero-order valence-electron chi connectivity index (χ0n) is 15.9. The van der Waals surface area contributed by atoms with Crippen LogP contribution in [0.25, 0.3) is 5.65 Å². The molecular formula is C17H19F2N7O4. The van der Waals surface area contributed by atoms with Gasteiger partial charge in [-0.05, 0) is 13.0 Å². The maximum atomic E-state index is 14.5. The fourth-order valence-corrected chi connectivity index (χ4v) is 3.47. The van der Waals surface area contributed by atoms with Gasteiger partial charge in [-0.25, -0.2) is 27.9 Å². The molecule has 11 nitrogen and oxygen atoms in total. The number of hydrogen-bond donors (Lipinski definition) is 3. The molecule has 0 radical (unpaired) electrons. The van der Waals surface area contributed by atoms with E-state index in [1.54, 1.807) is 6.92 Å². The summed E-state index contributed by atoms with van der Waals surface area (Å²) in [5.74, 6) is -4.62. The van der Waals surface area contributed by atoms with E-state index in [0.29, 0.717) is 11.3 Å². The lowest BCUT2D eigenvalue weighted by atomic mass is 10.0. The molecule has 0 aromatic carbocycles. The first-order chi connectivity index (χ1) is 14.3. The molecule has 0 spiro atoms. The van der Waals surface area contributed by atoms with Crippen molar-refractivity contribution in [3.05, 3.63) is 24.2 Å². The normalized spacial score (nSPS) is 23.2. The number of imide groups is 1. The highest BCUT2D eigenvalue weighted by molar-refractivity contribution is 6.00. The zero-order chi connectivity index (χ0) is 21.5. The van der Waals surface area contributed by atoms with Crippen LogP contribution in [-0.2, 0) is 9.53 Å². The van der Waals surface area contributed by atoms with Crippen LogP contribution in [0.15, 0.2) is 18.5 Å². The molecule has 0 saturated carbocycles. The molecule has 2 aliphatic heterocycles. The smallest absolute Gasteiger partial charge is 0.407 e. The number of amides is 4. The molecule has 2 saturated heterocycles. The molecule has 2 atom stereocenters. The summed E-state index contributed by atoms with van der Waals surface area (Å²) in [4.78, 5) is 40.7. The molecule has 3 N–H and O–H groups in total. The van der Waals surface area contributed by atoms with E-state index in [1.165, 1.54) is 27.9 Å². The molecule has 2 aromatic heterocycles. The number of nitrogens with zero attached hydrogens (tertiary/aromatic N) is 4. The van der Waals surface area contributed by atoms with Gasteiger partial charge in [-0.2, -0.15) is 5.10 Å². The quantitative estimate of drug-likeness (QED) is 0.642. The third-order valence-corrected chi connectivity index (χ3v) is 4.91. The molecule has 4 heterocycles. The first-order valence-corrected chi connectivity index (χ1v) is 9.28. The largest absolute Gasteiger partial charge is 0.438 e. The van der Waals surface area contributed by atoms with E-state index in [-0.39, 0.29) is 25.3 Å². The number of fused-ring (bicyclic) bond motifs is 1. The number of imidazole rings is 1. The Bertz CT molecular complexity index is 1010. The number of carbonyl (C=O) groups is 3. The number of alkyl carbamates (subject to hydrolysis) is 1. The minimum Gasteiger partial charge on any atom is -0.438 e. The number of nitrogens with one attached hydrogen (secondary N) is 3. The third-order valence-electron chi connectivity index (χ3n) is 4.91. The van der Waals surface area contributed by atoms with Gasteiger partial charge >= 0.3 is 18.0 Å². The lowest BCUT2D eigenvalue weighted by molar-refractivity contribution is -0.122. The summed E-state index contributed by atoms with van der Waals surface area (Å²) in [5, 5.41) is 11.3. The summed E-state index contributed by atoms with van der Waals surface area (Å²) in [7, 11) is 0. The lowest BCUT2D eigenvalue weighted by Gasteiger charge is -2.24. The molecule has 4 rings (SSSR count). The number of carbonyl (C=O) groups excluding carboxylic acids is 3. The number of alkyl halides is 2.